The third-order valence-corrected chi connectivity index (χ3v) is 4.26. The summed E-state index contributed by atoms with van der Waals surface area (Å²) in [5, 5.41) is 3.50. The molecule has 1 aromatic carbocycles. The molecule has 0 spiro atoms. The molecule has 1 saturated heterocycles. The van der Waals surface area contributed by atoms with Crippen LogP contribution in [0.3, 0.4) is 0 Å². The fourth-order valence-corrected chi connectivity index (χ4v) is 2.79. The van der Waals surface area contributed by atoms with E-state index in [1.807, 2.05) is 0 Å². The van der Waals surface area contributed by atoms with E-state index in [-0.39, 0.29) is 17.7 Å². The number of primary amides is 1. The molecule has 1 aliphatic heterocycles. The number of rotatable bonds is 7. The molecule has 0 saturated carbocycles. The predicted octanol–water partition coefficient (Wildman–Crippen LogP) is -0.385. The Morgan fingerprint density at radius 1 is 1.26 bits per heavy atom. The first-order valence-corrected chi connectivity index (χ1v) is 8.20. The number of piperidine rings is 1. The minimum atomic E-state index is -0.229. The van der Waals surface area contributed by atoms with E-state index < -0.39 is 0 Å². The highest BCUT2D eigenvalue weighted by Gasteiger charge is 2.26. The minimum absolute atomic E-state index is 0.00256. The third-order valence-electron chi connectivity index (χ3n) is 4.01. The number of ether oxygens (including phenoxy) is 1. The van der Waals surface area contributed by atoms with E-state index in [9.17, 15) is 9.59 Å². The summed E-state index contributed by atoms with van der Waals surface area (Å²) in [4.78, 5) is 24.2. The number of carbonyl (C=O) groups is 2. The summed E-state index contributed by atoms with van der Waals surface area (Å²) >= 11 is 5.79. The molecule has 7 heteroatoms. The van der Waals surface area contributed by atoms with Gasteiger partial charge in [-0.25, -0.2) is 0 Å². The van der Waals surface area contributed by atoms with E-state index in [4.69, 9.17) is 22.1 Å². The molecule has 2 amide bonds. The molecule has 0 aliphatic carbocycles. The first-order valence-electron chi connectivity index (χ1n) is 7.82. The quantitative estimate of drug-likeness (QED) is 0.591. The smallest absolute Gasteiger partial charge is 0.275 e. The van der Waals surface area contributed by atoms with E-state index in [0.717, 1.165) is 31.7 Å². The molecular weight excluding hydrogens is 318 g/mol. The van der Waals surface area contributed by atoms with Crippen LogP contribution in [0.25, 0.3) is 0 Å². The fourth-order valence-electron chi connectivity index (χ4n) is 2.67. The zero-order chi connectivity index (χ0) is 16.7. The monoisotopic (exact) mass is 340 g/mol. The van der Waals surface area contributed by atoms with Gasteiger partial charge in [-0.15, -0.1) is 0 Å². The van der Waals surface area contributed by atoms with Crippen LogP contribution >= 0.6 is 11.6 Å². The molecule has 6 nitrogen and oxygen atoms in total. The third kappa shape index (κ3) is 6.08. The summed E-state index contributed by atoms with van der Waals surface area (Å²) in [5.74, 6) is 0.461. The maximum atomic E-state index is 11.9. The van der Waals surface area contributed by atoms with Gasteiger partial charge in [-0.05, 0) is 24.3 Å². The van der Waals surface area contributed by atoms with Gasteiger partial charge in [0.2, 0.25) is 5.91 Å². The number of nitrogens with one attached hydrogen (secondary N) is 2. The number of nitrogens with two attached hydrogens (primary N) is 1. The second-order valence-electron chi connectivity index (χ2n) is 5.76. The van der Waals surface area contributed by atoms with Crippen molar-refractivity contribution in [1.29, 1.82) is 0 Å². The minimum Gasteiger partial charge on any atom is -0.492 e. The molecule has 1 heterocycles. The van der Waals surface area contributed by atoms with Gasteiger partial charge < -0.3 is 20.7 Å². The van der Waals surface area contributed by atoms with Gasteiger partial charge in [0.1, 0.15) is 12.4 Å². The van der Waals surface area contributed by atoms with Gasteiger partial charge in [0.15, 0.2) is 6.54 Å². The maximum Gasteiger partial charge on any atom is 0.275 e. The average molecular weight is 341 g/mol. The summed E-state index contributed by atoms with van der Waals surface area (Å²) in [5.41, 5.74) is 5.30. The molecule has 0 aromatic heterocycles. The van der Waals surface area contributed by atoms with Crippen molar-refractivity contribution in [3.05, 3.63) is 29.3 Å². The van der Waals surface area contributed by atoms with Gasteiger partial charge in [-0.3, -0.25) is 9.59 Å². The van der Waals surface area contributed by atoms with Crippen LogP contribution in [0.4, 0.5) is 0 Å². The Labute approximate surface area is 140 Å². The van der Waals surface area contributed by atoms with Gasteiger partial charge in [0, 0.05) is 23.8 Å². The Balaban J connectivity index is 1.58. The molecule has 1 aromatic rings. The van der Waals surface area contributed by atoms with Crippen molar-refractivity contribution in [2.24, 2.45) is 11.7 Å². The summed E-state index contributed by atoms with van der Waals surface area (Å²) in [6, 6.07) is 7.09. The molecule has 0 atom stereocenters. The second-order valence-corrected chi connectivity index (χ2v) is 6.19. The molecule has 4 N–H and O–H groups in total. The first kappa shape index (κ1) is 17.6. The highest BCUT2D eigenvalue weighted by atomic mass is 35.5. The number of benzene rings is 1. The van der Waals surface area contributed by atoms with Crippen LogP contribution in [0.1, 0.15) is 12.8 Å². The van der Waals surface area contributed by atoms with Crippen LogP contribution in [-0.4, -0.2) is 44.6 Å². The number of quaternary nitrogens is 1. The zero-order valence-electron chi connectivity index (χ0n) is 13.0. The Morgan fingerprint density at radius 2 is 1.91 bits per heavy atom. The number of hydrogen-bond donors (Lipinski definition) is 3. The van der Waals surface area contributed by atoms with Crippen molar-refractivity contribution >= 4 is 23.4 Å². The van der Waals surface area contributed by atoms with Gasteiger partial charge in [0.05, 0.1) is 19.6 Å². The Bertz CT molecular complexity index is 528. The lowest BCUT2D eigenvalue weighted by molar-refractivity contribution is -0.897. The largest absolute Gasteiger partial charge is 0.492 e. The lowest BCUT2D eigenvalue weighted by Gasteiger charge is -2.27. The molecule has 1 fully saturated rings. The van der Waals surface area contributed by atoms with Gasteiger partial charge in [-0.2, -0.15) is 0 Å². The van der Waals surface area contributed by atoms with Crippen molar-refractivity contribution in [3.63, 3.8) is 0 Å². The van der Waals surface area contributed by atoms with Crippen molar-refractivity contribution in [2.75, 3.05) is 32.8 Å². The molecule has 2 rings (SSSR count). The lowest BCUT2D eigenvalue weighted by Crippen LogP contribution is -3.14. The second kappa shape index (κ2) is 8.74. The normalized spacial score (nSPS) is 20.7. The van der Waals surface area contributed by atoms with Crippen molar-refractivity contribution in [3.8, 4) is 5.75 Å². The summed E-state index contributed by atoms with van der Waals surface area (Å²) in [7, 11) is 0. The molecule has 0 radical (unpaired) electrons. The summed E-state index contributed by atoms with van der Waals surface area (Å²) in [6.45, 7) is 2.90. The topological polar surface area (TPSA) is 85.9 Å². The summed E-state index contributed by atoms with van der Waals surface area (Å²) < 4.78 is 5.51. The Hall–Kier alpha value is -1.79. The van der Waals surface area contributed by atoms with Crippen molar-refractivity contribution in [2.45, 2.75) is 12.8 Å². The Morgan fingerprint density at radius 3 is 2.52 bits per heavy atom. The molecule has 0 unspecified atom stereocenters. The number of halogens is 1. The van der Waals surface area contributed by atoms with Gasteiger partial charge >= 0.3 is 0 Å². The fraction of sp³-hybridized carbons (Fsp3) is 0.500. The average Bonchev–Trinajstić information content (AvgIpc) is 2.54. The van der Waals surface area contributed by atoms with Crippen molar-refractivity contribution < 1.29 is 19.2 Å². The zero-order valence-corrected chi connectivity index (χ0v) is 13.8. The number of likely N-dealkylation sites (tertiary alicyclic amines) is 1. The number of hydrogen-bond acceptors (Lipinski definition) is 3. The van der Waals surface area contributed by atoms with Crippen LogP contribution in [0.2, 0.25) is 5.02 Å². The number of carbonyl (C=O) groups excluding carboxylic acids is 2. The molecular formula is C16H23ClN3O3+. The van der Waals surface area contributed by atoms with Crippen molar-refractivity contribution in [1.82, 2.24) is 5.32 Å². The highest BCUT2D eigenvalue weighted by Crippen LogP contribution is 2.15. The van der Waals surface area contributed by atoms with Gasteiger partial charge in [0.25, 0.3) is 5.91 Å². The standard InChI is InChI=1S/C16H22ClN3O3/c17-13-1-3-14(4-2-13)23-10-7-19-15(21)11-20-8-5-12(6-9-20)16(18)22/h1-4,12H,5-11H2,(H2,18,22)(H,19,21)/p+1. The maximum absolute atomic E-state index is 11.9. The van der Waals surface area contributed by atoms with E-state index in [1.165, 1.54) is 4.90 Å². The molecule has 1 aliphatic rings. The SMILES string of the molecule is NC(=O)C1CC[NH+](CC(=O)NCCOc2ccc(Cl)cc2)CC1. The molecule has 0 bridgehead atoms. The predicted molar refractivity (Wildman–Crippen MR) is 87.4 cm³/mol. The molecule has 126 valence electrons. The lowest BCUT2D eigenvalue weighted by atomic mass is 9.96. The van der Waals surface area contributed by atoms with E-state index in [2.05, 4.69) is 5.32 Å². The van der Waals surface area contributed by atoms with Crippen LogP contribution < -0.4 is 20.7 Å². The van der Waals surface area contributed by atoms with Crippen LogP contribution in [0.5, 0.6) is 5.75 Å². The van der Waals surface area contributed by atoms with E-state index in [1.54, 1.807) is 24.3 Å². The van der Waals surface area contributed by atoms with Gasteiger partial charge in [-0.1, -0.05) is 11.6 Å². The summed E-state index contributed by atoms with van der Waals surface area (Å²) in [6.07, 6.45) is 1.52. The van der Waals surface area contributed by atoms with Crippen LogP contribution in [0.15, 0.2) is 24.3 Å². The Kier molecular flexibility index (Phi) is 6.67. The van der Waals surface area contributed by atoms with E-state index >= 15 is 0 Å². The number of amides is 2. The molecule has 23 heavy (non-hydrogen) atoms. The van der Waals surface area contributed by atoms with E-state index in [0.29, 0.717) is 24.7 Å². The highest BCUT2D eigenvalue weighted by molar-refractivity contribution is 6.30. The van der Waals surface area contributed by atoms with Crippen LogP contribution in [0, 0.1) is 5.92 Å². The first-order chi connectivity index (χ1) is 11.0. The van der Waals surface area contributed by atoms with Crippen LogP contribution in [-0.2, 0) is 9.59 Å².